The molecule has 1 saturated heterocycles. The van der Waals surface area contributed by atoms with E-state index in [1.807, 2.05) is 12.1 Å². The van der Waals surface area contributed by atoms with Gasteiger partial charge in [0.15, 0.2) is 0 Å². The smallest absolute Gasteiger partial charge is 0.372 e. The molecule has 0 radical (unpaired) electrons. The third kappa shape index (κ3) is 6.42. The van der Waals surface area contributed by atoms with Gasteiger partial charge in [-0.05, 0) is 80.8 Å². The van der Waals surface area contributed by atoms with E-state index in [0.29, 0.717) is 16.1 Å². The maximum Gasteiger partial charge on any atom is 0.417 e. The summed E-state index contributed by atoms with van der Waals surface area (Å²) in [5.41, 5.74) is 0.724. The molecule has 6 nitrogen and oxygen atoms in total. The quantitative estimate of drug-likeness (QED) is 0.355. The van der Waals surface area contributed by atoms with Crippen LogP contribution in [0, 0.1) is 6.92 Å². The first-order valence-electron chi connectivity index (χ1n) is 12.1. The van der Waals surface area contributed by atoms with E-state index in [-0.39, 0.29) is 10.6 Å². The zero-order valence-corrected chi connectivity index (χ0v) is 22.2. The molecule has 1 N–H and O–H groups in total. The summed E-state index contributed by atoms with van der Waals surface area (Å²) in [5.74, 6) is -0.713. The molecular formula is C27H27ClF3N3O3S. The average Bonchev–Trinajstić information content (AvgIpc) is 2.88. The number of carbonyl (C=O) groups excluding carboxylic acids is 1. The number of carbonyl (C=O) groups is 1. The van der Waals surface area contributed by atoms with Crippen LogP contribution in [0.5, 0.6) is 0 Å². The number of anilines is 3. The number of alkyl halides is 3. The summed E-state index contributed by atoms with van der Waals surface area (Å²) in [6.07, 6.45) is -1.38. The zero-order valence-electron chi connectivity index (χ0n) is 20.6. The Morgan fingerprint density at radius 3 is 2.21 bits per heavy atom. The molecule has 3 aromatic rings. The van der Waals surface area contributed by atoms with Gasteiger partial charge in [-0.1, -0.05) is 29.3 Å². The molecule has 0 bridgehead atoms. The van der Waals surface area contributed by atoms with E-state index in [2.05, 4.69) is 10.2 Å². The van der Waals surface area contributed by atoms with Crippen molar-refractivity contribution >= 4 is 44.6 Å². The number of hydrogen-bond donors (Lipinski definition) is 1. The monoisotopic (exact) mass is 565 g/mol. The number of sulfonamides is 1. The van der Waals surface area contributed by atoms with Crippen LogP contribution < -0.4 is 14.5 Å². The molecular weight excluding hydrogens is 539 g/mol. The van der Waals surface area contributed by atoms with E-state index in [0.717, 1.165) is 49.3 Å². The Hall–Kier alpha value is -3.24. The van der Waals surface area contributed by atoms with Crippen molar-refractivity contribution in [3.8, 4) is 0 Å². The molecule has 0 unspecified atom stereocenters. The minimum atomic E-state index is -4.81. The van der Waals surface area contributed by atoms with Gasteiger partial charge >= 0.3 is 6.18 Å². The fourth-order valence-electron chi connectivity index (χ4n) is 4.28. The molecule has 0 aromatic heterocycles. The normalized spacial score (nSPS) is 14.3. The Labute approximate surface area is 225 Å². The van der Waals surface area contributed by atoms with Crippen molar-refractivity contribution in [1.82, 2.24) is 0 Å². The first-order chi connectivity index (χ1) is 17.9. The summed E-state index contributed by atoms with van der Waals surface area (Å²) in [7, 11) is -4.40. The van der Waals surface area contributed by atoms with Gasteiger partial charge in [-0.25, -0.2) is 8.42 Å². The molecule has 202 valence electrons. The minimum absolute atomic E-state index is 0.162. The second-order valence-electron chi connectivity index (χ2n) is 9.13. The number of nitrogens with zero attached hydrogens (tertiary/aromatic N) is 2. The molecule has 1 aliphatic heterocycles. The van der Waals surface area contributed by atoms with Crippen molar-refractivity contribution < 1.29 is 26.4 Å². The first kappa shape index (κ1) is 27.8. The van der Waals surface area contributed by atoms with Gasteiger partial charge in [0.1, 0.15) is 6.54 Å². The number of benzene rings is 3. The van der Waals surface area contributed by atoms with Crippen molar-refractivity contribution in [3.05, 3.63) is 82.9 Å². The fraction of sp³-hybridized carbons (Fsp3) is 0.296. The van der Waals surface area contributed by atoms with Gasteiger partial charge in [0, 0.05) is 24.5 Å². The van der Waals surface area contributed by atoms with E-state index >= 15 is 0 Å². The summed E-state index contributed by atoms with van der Waals surface area (Å²) in [6, 6.07) is 15.7. The number of hydrogen-bond acceptors (Lipinski definition) is 4. The lowest BCUT2D eigenvalue weighted by Crippen LogP contribution is -2.38. The van der Waals surface area contributed by atoms with Crippen LogP contribution in [-0.2, 0) is 21.0 Å². The highest BCUT2D eigenvalue weighted by Crippen LogP contribution is 2.38. The van der Waals surface area contributed by atoms with Crippen LogP contribution in [0.3, 0.4) is 0 Å². The number of rotatable bonds is 7. The van der Waals surface area contributed by atoms with Crippen molar-refractivity contribution in [2.45, 2.75) is 37.3 Å². The molecule has 38 heavy (non-hydrogen) atoms. The highest BCUT2D eigenvalue weighted by atomic mass is 35.5. The van der Waals surface area contributed by atoms with Gasteiger partial charge in [0.05, 0.1) is 21.2 Å². The molecule has 4 rings (SSSR count). The van der Waals surface area contributed by atoms with Gasteiger partial charge in [-0.2, -0.15) is 13.2 Å². The molecule has 0 saturated carbocycles. The third-order valence-electron chi connectivity index (χ3n) is 6.31. The Balaban J connectivity index is 1.62. The fourth-order valence-corrected chi connectivity index (χ4v) is 5.91. The predicted molar refractivity (Wildman–Crippen MR) is 143 cm³/mol. The number of nitrogens with one attached hydrogen (secondary N) is 1. The summed E-state index contributed by atoms with van der Waals surface area (Å²) in [4.78, 5) is 15.1. The van der Waals surface area contributed by atoms with Crippen LogP contribution in [0.4, 0.5) is 30.2 Å². The summed E-state index contributed by atoms with van der Waals surface area (Å²) in [6.45, 7) is 2.94. The Bertz CT molecular complexity index is 1390. The lowest BCUT2D eigenvalue weighted by atomic mass is 10.1. The van der Waals surface area contributed by atoms with Crippen molar-refractivity contribution in [2.75, 3.05) is 34.2 Å². The first-order valence-corrected chi connectivity index (χ1v) is 13.9. The summed E-state index contributed by atoms with van der Waals surface area (Å²) < 4.78 is 68.3. The van der Waals surface area contributed by atoms with Gasteiger partial charge in [0.2, 0.25) is 5.91 Å². The Kier molecular flexibility index (Phi) is 8.22. The average molecular weight is 566 g/mol. The van der Waals surface area contributed by atoms with E-state index in [1.165, 1.54) is 18.6 Å². The van der Waals surface area contributed by atoms with Crippen LogP contribution in [0.25, 0.3) is 0 Å². The number of halogens is 4. The van der Waals surface area contributed by atoms with Crippen molar-refractivity contribution in [2.24, 2.45) is 0 Å². The topological polar surface area (TPSA) is 69.7 Å². The molecule has 0 spiro atoms. The van der Waals surface area contributed by atoms with E-state index in [4.69, 9.17) is 11.6 Å². The van der Waals surface area contributed by atoms with Crippen LogP contribution in [-0.4, -0.2) is 34.0 Å². The minimum Gasteiger partial charge on any atom is -0.372 e. The largest absolute Gasteiger partial charge is 0.417 e. The second-order valence-corrected chi connectivity index (χ2v) is 11.4. The zero-order chi connectivity index (χ0) is 27.5. The molecule has 3 aromatic carbocycles. The van der Waals surface area contributed by atoms with Crippen LogP contribution in [0.15, 0.2) is 71.6 Å². The predicted octanol–water partition coefficient (Wildman–Crippen LogP) is 6.49. The molecule has 0 atom stereocenters. The number of aryl methyl sites for hydroxylation is 1. The molecule has 11 heteroatoms. The standard InChI is InChI=1S/C27H27ClF3N3O3S/c1-19-5-12-23(13-6-19)38(36,37)34(22-11-14-25(28)24(17-22)27(29,30)31)18-26(35)32-20-7-9-21(10-8-20)33-15-3-2-4-16-33/h5-14,17H,2-4,15-16,18H2,1H3,(H,32,35). The molecule has 1 fully saturated rings. The lowest BCUT2D eigenvalue weighted by Gasteiger charge is -2.29. The van der Waals surface area contributed by atoms with Gasteiger partial charge in [-0.3, -0.25) is 9.10 Å². The van der Waals surface area contributed by atoms with Gasteiger partial charge in [0.25, 0.3) is 10.0 Å². The summed E-state index contributed by atoms with van der Waals surface area (Å²) in [5, 5.41) is 2.07. The van der Waals surface area contributed by atoms with Crippen molar-refractivity contribution in [1.29, 1.82) is 0 Å². The maximum absolute atomic E-state index is 13.5. The summed E-state index contributed by atoms with van der Waals surface area (Å²) >= 11 is 5.75. The third-order valence-corrected chi connectivity index (χ3v) is 8.43. The molecule has 0 aliphatic carbocycles. The number of amides is 1. The highest BCUT2D eigenvalue weighted by Gasteiger charge is 2.35. The molecule has 1 amide bonds. The van der Waals surface area contributed by atoms with E-state index in [1.54, 1.807) is 31.2 Å². The maximum atomic E-state index is 13.5. The van der Waals surface area contributed by atoms with Crippen LogP contribution in [0.1, 0.15) is 30.4 Å². The Morgan fingerprint density at radius 2 is 1.61 bits per heavy atom. The second kappa shape index (κ2) is 11.2. The van der Waals surface area contributed by atoms with Crippen molar-refractivity contribution in [3.63, 3.8) is 0 Å². The Morgan fingerprint density at radius 1 is 0.974 bits per heavy atom. The van der Waals surface area contributed by atoms with Crippen LogP contribution in [0.2, 0.25) is 5.02 Å². The SMILES string of the molecule is Cc1ccc(S(=O)(=O)N(CC(=O)Nc2ccc(N3CCCCC3)cc2)c2ccc(Cl)c(C(F)(F)F)c2)cc1. The molecule has 1 heterocycles. The van der Waals surface area contributed by atoms with E-state index < -0.39 is 39.2 Å². The molecule has 1 aliphatic rings. The number of piperidine rings is 1. The van der Waals surface area contributed by atoms with E-state index in [9.17, 15) is 26.4 Å². The lowest BCUT2D eigenvalue weighted by molar-refractivity contribution is -0.137. The van der Waals surface area contributed by atoms with Gasteiger partial charge < -0.3 is 10.2 Å². The van der Waals surface area contributed by atoms with Crippen LogP contribution >= 0.6 is 11.6 Å². The highest BCUT2D eigenvalue weighted by molar-refractivity contribution is 7.92. The van der Waals surface area contributed by atoms with Gasteiger partial charge in [-0.15, -0.1) is 0 Å².